The molecule has 0 bridgehead atoms. The van der Waals surface area contributed by atoms with Gasteiger partial charge in [0.1, 0.15) is 5.75 Å². The maximum absolute atomic E-state index is 14.6. The van der Waals surface area contributed by atoms with E-state index in [9.17, 15) is 9.90 Å². The predicted octanol–water partition coefficient (Wildman–Crippen LogP) is 13.0. The van der Waals surface area contributed by atoms with Gasteiger partial charge in [-0.15, -0.1) is 0 Å². The summed E-state index contributed by atoms with van der Waals surface area (Å²) in [5.41, 5.74) is 7.84. The quantitative estimate of drug-likeness (QED) is 0.123. The van der Waals surface area contributed by atoms with E-state index in [2.05, 4.69) is 86.6 Å². The van der Waals surface area contributed by atoms with Crippen molar-refractivity contribution in [2.24, 2.45) is 0 Å². The van der Waals surface area contributed by atoms with Gasteiger partial charge in [-0.25, -0.2) is 0 Å². The molecular weight excluding hydrogens is 524 g/mol. The molecule has 1 N–H and O–H groups in total. The number of phenols is 1. The standard InChI is InChI=1S/C41H64O2/c1-10-15-19-29(6)35-25-23-33(14-5)27-34(35)24-26-37(42)41-36(30(7)20-16-11-2)28-38(43)39(31(8)21-17-12-3)40(41)32(9)22-18-13-4/h23-32,43H,10-22H2,1-9H3/b26-24-. The van der Waals surface area contributed by atoms with Gasteiger partial charge in [0.15, 0.2) is 5.78 Å². The van der Waals surface area contributed by atoms with Crippen LogP contribution in [0.15, 0.2) is 30.3 Å². The number of phenolic OH excluding ortho intramolecular Hbond substituents is 1. The van der Waals surface area contributed by atoms with Crippen LogP contribution in [0.5, 0.6) is 5.75 Å². The van der Waals surface area contributed by atoms with Crippen molar-refractivity contribution in [3.05, 3.63) is 69.3 Å². The van der Waals surface area contributed by atoms with E-state index in [-0.39, 0.29) is 23.5 Å². The lowest BCUT2D eigenvalue weighted by Crippen LogP contribution is -2.15. The van der Waals surface area contributed by atoms with Crippen LogP contribution in [0.1, 0.15) is 207 Å². The third-order valence-corrected chi connectivity index (χ3v) is 9.65. The average molecular weight is 589 g/mol. The summed E-state index contributed by atoms with van der Waals surface area (Å²) in [4.78, 5) is 14.6. The van der Waals surface area contributed by atoms with Crippen molar-refractivity contribution < 1.29 is 9.90 Å². The van der Waals surface area contributed by atoms with Crippen LogP contribution in [0.25, 0.3) is 6.08 Å². The lowest BCUT2D eigenvalue weighted by molar-refractivity contribution is 0.104. The largest absolute Gasteiger partial charge is 0.508 e. The van der Waals surface area contributed by atoms with Gasteiger partial charge in [-0.2, -0.15) is 0 Å². The van der Waals surface area contributed by atoms with Gasteiger partial charge in [0.2, 0.25) is 0 Å². The van der Waals surface area contributed by atoms with Gasteiger partial charge < -0.3 is 5.11 Å². The zero-order chi connectivity index (χ0) is 31.9. The highest BCUT2D eigenvalue weighted by Crippen LogP contribution is 2.44. The molecule has 2 aromatic rings. The van der Waals surface area contributed by atoms with Gasteiger partial charge in [0.05, 0.1) is 0 Å². The minimum absolute atomic E-state index is 0.0923. The molecule has 4 unspecified atom stereocenters. The van der Waals surface area contributed by atoms with Crippen LogP contribution in [0.2, 0.25) is 0 Å². The number of hydrogen-bond acceptors (Lipinski definition) is 2. The summed E-state index contributed by atoms with van der Waals surface area (Å²) < 4.78 is 0. The van der Waals surface area contributed by atoms with Crippen LogP contribution in [0.3, 0.4) is 0 Å². The highest BCUT2D eigenvalue weighted by molar-refractivity contribution is 6.09. The van der Waals surface area contributed by atoms with Crippen molar-refractivity contribution in [3.63, 3.8) is 0 Å². The third kappa shape index (κ3) is 10.4. The maximum Gasteiger partial charge on any atom is 0.186 e. The number of aromatic hydroxyl groups is 1. The summed E-state index contributed by atoms with van der Waals surface area (Å²) in [6.07, 6.45) is 18.3. The molecule has 0 saturated carbocycles. The highest BCUT2D eigenvalue weighted by atomic mass is 16.3. The van der Waals surface area contributed by atoms with Gasteiger partial charge >= 0.3 is 0 Å². The van der Waals surface area contributed by atoms with Gasteiger partial charge in [0, 0.05) is 11.1 Å². The van der Waals surface area contributed by atoms with Crippen molar-refractivity contribution >= 4 is 11.9 Å². The van der Waals surface area contributed by atoms with Gasteiger partial charge in [-0.05, 0) is 95.7 Å². The minimum atomic E-state index is 0.0923. The summed E-state index contributed by atoms with van der Waals surface area (Å²) in [6.45, 7) is 20.2. The molecule has 0 radical (unpaired) electrons. The Labute approximate surface area is 265 Å². The normalized spacial score (nSPS) is 14.6. The molecule has 43 heavy (non-hydrogen) atoms. The van der Waals surface area contributed by atoms with E-state index in [4.69, 9.17) is 0 Å². The predicted molar refractivity (Wildman–Crippen MR) is 189 cm³/mol. The monoisotopic (exact) mass is 588 g/mol. The zero-order valence-electron chi connectivity index (χ0n) is 29.3. The molecule has 0 fully saturated rings. The molecule has 240 valence electrons. The third-order valence-electron chi connectivity index (χ3n) is 9.65. The number of benzene rings is 2. The van der Waals surface area contributed by atoms with Crippen LogP contribution in [0.4, 0.5) is 0 Å². The van der Waals surface area contributed by atoms with E-state index in [0.29, 0.717) is 11.7 Å². The lowest BCUT2D eigenvalue weighted by atomic mass is 9.76. The van der Waals surface area contributed by atoms with E-state index >= 15 is 0 Å². The molecule has 0 aliphatic rings. The molecule has 0 amide bonds. The van der Waals surface area contributed by atoms with Crippen molar-refractivity contribution in [1.29, 1.82) is 0 Å². The first-order chi connectivity index (χ1) is 20.6. The number of carbonyl (C=O) groups excluding carboxylic acids is 1. The van der Waals surface area contributed by atoms with Crippen molar-refractivity contribution in [2.75, 3.05) is 0 Å². The number of aryl methyl sites for hydroxylation is 1. The van der Waals surface area contributed by atoms with Crippen molar-refractivity contribution in [1.82, 2.24) is 0 Å². The summed E-state index contributed by atoms with van der Waals surface area (Å²) >= 11 is 0. The Balaban J connectivity index is 2.78. The van der Waals surface area contributed by atoms with Gasteiger partial charge in [0.25, 0.3) is 0 Å². The number of unbranched alkanes of at least 4 members (excludes halogenated alkanes) is 4. The molecule has 0 heterocycles. The Hall–Kier alpha value is -2.35. The molecule has 4 atom stereocenters. The highest BCUT2D eigenvalue weighted by Gasteiger charge is 2.29. The van der Waals surface area contributed by atoms with E-state index in [1.165, 1.54) is 29.5 Å². The lowest BCUT2D eigenvalue weighted by Gasteiger charge is -2.28. The molecule has 0 aromatic heterocycles. The van der Waals surface area contributed by atoms with E-state index < -0.39 is 0 Å². The maximum atomic E-state index is 14.6. The second-order valence-corrected chi connectivity index (χ2v) is 13.4. The van der Waals surface area contributed by atoms with E-state index in [1.54, 1.807) is 0 Å². The number of allylic oxidation sites excluding steroid dienone is 1. The van der Waals surface area contributed by atoms with Crippen molar-refractivity contribution in [3.8, 4) is 5.75 Å². The Morgan fingerprint density at radius 3 is 1.67 bits per heavy atom. The number of rotatable bonds is 20. The average Bonchev–Trinajstić information content (AvgIpc) is 3.01. The Morgan fingerprint density at radius 1 is 0.674 bits per heavy atom. The van der Waals surface area contributed by atoms with Crippen LogP contribution < -0.4 is 0 Å². The number of ketones is 1. The SMILES string of the molecule is CCCCC(C)c1ccc(CC)cc1/C=C\C(=O)c1c(C(C)CCCC)cc(O)c(C(C)CCCC)c1C(C)CCCC. The molecule has 0 aliphatic carbocycles. The van der Waals surface area contributed by atoms with Crippen LogP contribution in [-0.4, -0.2) is 10.9 Å². The fourth-order valence-electron chi connectivity index (χ4n) is 6.75. The van der Waals surface area contributed by atoms with Gasteiger partial charge in [-0.3, -0.25) is 4.79 Å². The topological polar surface area (TPSA) is 37.3 Å². The van der Waals surface area contributed by atoms with Crippen LogP contribution >= 0.6 is 0 Å². The van der Waals surface area contributed by atoms with Crippen LogP contribution in [-0.2, 0) is 6.42 Å². The van der Waals surface area contributed by atoms with Gasteiger partial charge in [-0.1, -0.05) is 138 Å². The Kier molecular flexibility index (Phi) is 16.4. The number of hydrogen-bond donors (Lipinski definition) is 1. The first-order valence-electron chi connectivity index (χ1n) is 17.9. The minimum Gasteiger partial charge on any atom is -0.508 e. The smallest absolute Gasteiger partial charge is 0.186 e. The summed E-state index contributed by atoms with van der Waals surface area (Å²) in [6, 6.07) is 8.78. The Bertz CT molecular complexity index is 1160. The fraction of sp³-hybridized carbons (Fsp3) is 0.634. The summed E-state index contributed by atoms with van der Waals surface area (Å²) in [5.74, 6) is 1.57. The molecule has 2 rings (SSSR count). The second kappa shape index (κ2) is 19.1. The van der Waals surface area contributed by atoms with E-state index in [1.807, 2.05) is 12.1 Å². The van der Waals surface area contributed by atoms with Crippen molar-refractivity contribution in [2.45, 2.75) is 169 Å². The molecule has 2 aromatic carbocycles. The molecular formula is C41H64O2. The van der Waals surface area contributed by atoms with Crippen LogP contribution in [0, 0.1) is 0 Å². The summed E-state index contributed by atoms with van der Waals surface area (Å²) in [7, 11) is 0. The summed E-state index contributed by atoms with van der Waals surface area (Å²) in [5, 5.41) is 11.6. The van der Waals surface area contributed by atoms with E-state index in [0.717, 1.165) is 92.9 Å². The fourth-order valence-corrected chi connectivity index (χ4v) is 6.75. The molecule has 0 saturated heterocycles. The number of carbonyl (C=O) groups is 1. The second-order valence-electron chi connectivity index (χ2n) is 13.4. The zero-order valence-corrected chi connectivity index (χ0v) is 29.3. The molecule has 0 spiro atoms. The molecule has 2 heteroatoms. The molecule has 0 aliphatic heterocycles. The molecule has 2 nitrogen and oxygen atoms in total. The first kappa shape index (κ1) is 36.8. The first-order valence-corrected chi connectivity index (χ1v) is 17.9. The Morgan fingerprint density at radius 2 is 1.16 bits per heavy atom.